The van der Waals surface area contributed by atoms with Gasteiger partial charge in [-0.25, -0.2) is 0 Å². The zero-order valence-corrected chi connectivity index (χ0v) is 16.6. The van der Waals surface area contributed by atoms with Gasteiger partial charge in [0.05, 0.1) is 0 Å². The second-order valence-corrected chi connectivity index (χ2v) is 8.72. The zero-order chi connectivity index (χ0) is 19.4. The van der Waals surface area contributed by atoms with Crippen LogP contribution in [0.4, 0.5) is 5.69 Å². The van der Waals surface area contributed by atoms with E-state index in [0.29, 0.717) is 24.3 Å². The fourth-order valence-electron chi connectivity index (χ4n) is 2.54. The average Bonchev–Trinajstić information content (AvgIpc) is 3.26. The summed E-state index contributed by atoms with van der Waals surface area (Å²) in [7, 11) is -4.00. The number of sulfonamides is 1. The minimum atomic E-state index is -4.00. The normalized spacial score (nSPS) is 11.3. The molecule has 142 valence electrons. The predicted molar refractivity (Wildman–Crippen MR) is 106 cm³/mol. The molecule has 2 aromatic heterocycles. The van der Waals surface area contributed by atoms with Gasteiger partial charge in [0.15, 0.2) is 0 Å². The molecule has 0 saturated heterocycles. The Kier molecular flexibility index (Phi) is 5.62. The highest BCUT2D eigenvalue weighted by molar-refractivity contribution is 7.92. The van der Waals surface area contributed by atoms with Crippen LogP contribution in [-0.2, 0) is 16.4 Å². The molecule has 3 rings (SSSR count). The van der Waals surface area contributed by atoms with Gasteiger partial charge in [0.2, 0.25) is 5.03 Å². The van der Waals surface area contributed by atoms with Crippen LogP contribution in [0, 0.1) is 13.8 Å². The number of carbonyl (C=O) groups excluding carboxylic acids is 1. The van der Waals surface area contributed by atoms with Gasteiger partial charge in [0.1, 0.15) is 5.56 Å². The third kappa shape index (κ3) is 4.55. The number of carbonyl (C=O) groups is 1. The lowest BCUT2D eigenvalue weighted by atomic mass is 10.2. The second-order valence-electron chi connectivity index (χ2n) is 6.09. The minimum absolute atomic E-state index is 0.0285. The Bertz CT molecular complexity index is 1020. The number of aryl methyl sites for hydroxylation is 2. The van der Waals surface area contributed by atoms with Crippen molar-refractivity contribution in [2.24, 2.45) is 0 Å². The number of nitrogens with zero attached hydrogens (tertiary/aromatic N) is 1. The standard InChI is InChI=1S/C18H20N4O3S2/c1-12-5-7-14(8-6-12)22-27(24,25)18-16(13(2)20-21-18)17(23)19-10-9-15-4-3-11-26-15/h3-8,11,22H,9-10H2,1-2H3,(H,19,23)(H,20,21). The van der Waals surface area contributed by atoms with Crippen molar-refractivity contribution in [3.63, 3.8) is 0 Å². The molecule has 1 aromatic carbocycles. The predicted octanol–water partition coefficient (Wildman–Crippen LogP) is 2.86. The maximum Gasteiger partial charge on any atom is 0.282 e. The molecule has 0 fully saturated rings. The number of thiophene rings is 1. The molecule has 0 aliphatic carbocycles. The Hall–Kier alpha value is -2.65. The first-order valence-electron chi connectivity index (χ1n) is 8.32. The number of rotatable bonds is 7. The van der Waals surface area contributed by atoms with E-state index in [4.69, 9.17) is 0 Å². The average molecular weight is 405 g/mol. The van der Waals surface area contributed by atoms with Gasteiger partial charge < -0.3 is 5.32 Å². The van der Waals surface area contributed by atoms with E-state index in [1.54, 1.807) is 42.5 Å². The van der Waals surface area contributed by atoms with E-state index in [2.05, 4.69) is 20.2 Å². The van der Waals surface area contributed by atoms with Crippen molar-refractivity contribution in [2.75, 3.05) is 11.3 Å². The molecule has 0 atom stereocenters. The molecule has 0 spiro atoms. The number of aromatic amines is 1. The van der Waals surface area contributed by atoms with Crippen molar-refractivity contribution < 1.29 is 13.2 Å². The summed E-state index contributed by atoms with van der Waals surface area (Å²) in [6.45, 7) is 3.94. The quantitative estimate of drug-likeness (QED) is 0.563. The van der Waals surface area contributed by atoms with Crippen molar-refractivity contribution >= 4 is 33.0 Å². The molecule has 0 unspecified atom stereocenters. The van der Waals surface area contributed by atoms with E-state index >= 15 is 0 Å². The molecule has 0 bridgehead atoms. The Balaban J connectivity index is 1.76. The molecule has 2 heterocycles. The topological polar surface area (TPSA) is 104 Å². The molecule has 9 heteroatoms. The molecule has 3 aromatic rings. The Morgan fingerprint density at radius 2 is 1.93 bits per heavy atom. The van der Waals surface area contributed by atoms with Crippen LogP contribution in [-0.4, -0.2) is 31.1 Å². The molecule has 0 saturated carbocycles. The molecule has 3 N–H and O–H groups in total. The van der Waals surface area contributed by atoms with Crippen LogP contribution < -0.4 is 10.0 Å². The molecular weight excluding hydrogens is 384 g/mol. The number of hydrogen-bond acceptors (Lipinski definition) is 5. The smallest absolute Gasteiger partial charge is 0.282 e. The maximum absolute atomic E-state index is 12.7. The summed E-state index contributed by atoms with van der Waals surface area (Å²) in [5, 5.41) is 10.9. The zero-order valence-electron chi connectivity index (χ0n) is 14.9. The fraction of sp³-hybridized carbons (Fsp3) is 0.222. The SMILES string of the molecule is Cc1ccc(NS(=O)(=O)c2n[nH]c(C)c2C(=O)NCCc2cccs2)cc1. The third-order valence-corrected chi connectivity index (χ3v) is 6.18. The van der Waals surface area contributed by atoms with Gasteiger partial charge >= 0.3 is 0 Å². The number of amides is 1. The van der Waals surface area contributed by atoms with Crippen molar-refractivity contribution in [2.45, 2.75) is 25.3 Å². The van der Waals surface area contributed by atoms with Crippen LogP contribution in [0.3, 0.4) is 0 Å². The highest BCUT2D eigenvalue weighted by Gasteiger charge is 2.28. The first kappa shape index (κ1) is 19.1. The summed E-state index contributed by atoms with van der Waals surface area (Å²) in [5.74, 6) is -0.470. The van der Waals surface area contributed by atoms with E-state index < -0.39 is 15.9 Å². The highest BCUT2D eigenvalue weighted by Crippen LogP contribution is 2.20. The summed E-state index contributed by atoms with van der Waals surface area (Å²) in [4.78, 5) is 13.7. The van der Waals surface area contributed by atoms with Gasteiger partial charge in [-0.15, -0.1) is 11.3 Å². The van der Waals surface area contributed by atoms with Gasteiger partial charge in [-0.3, -0.25) is 14.6 Å². The highest BCUT2D eigenvalue weighted by atomic mass is 32.2. The number of benzene rings is 1. The first-order chi connectivity index (χ1) is 12.9. The van der Waals surface area contributed by atoms with E-state index in [-0.39, 0.29) is 10.6 Å². The Morgan fingerprint density at radius 3 is 2.59 bits per heavy atom. The van der Waals surface area contributed by atoms with Crippen molar-refractivity contribution in [1.29, 1.82) is 0 Å². The summed E-state index contributed by atoms with van der Waals surface area (Å²) < 4.78 is 27.9. The Morgan fingerprint density at radius 1 is 1.19 bits per heavy atom. The third-order valence-electron chi connectivity index (χ3n) is 3.94. The molecule has 27 heavy (non-hydrogen) atoms. The summed E-state index contributed by atoms with van der Waals surface area (Å²) in [5.41, 5.74) is 1.85. The lowest BCUT2D eigenvalue weighted by Crippen LogP contribution is -2.28. The molecular formula is C18H20N4O3S2. The van der Waals surface area contributed by atoms with Crippen LogP contribution in [0.2, 0.25) is 0 Å². The van der Waals surface area contributed by atoms with E-state index in [9.17, 15) is 13.2 Å². The van der Waals surface area contributed by atoms with Crippen LogP contribution in [0.25, 0.3) is 0 Å². The number of aromatic nitrogens is 2. The molecule has 0 aliphatic heterocycles. The number of nitrogens with one attached hydrogen (secondary N) is 3. The maximum atomic E-state index is 12.7. The second kappa shape index (κ2) is 7.93. The van der Waals surface area contributed by atoms with Gasteiger partial charge in [0, 0.05) is 22.8 Å². The van der Waals surface area contributed by atoms with Crippen LogP contribution in [0.5, 0.6) is 0 Å². The summed E-state index contributed by atoms with van der Waals surface area (Å²) in [6, 6.07) is 10.8. The first-order valence-corrected chi connectivity index (χ1v) is 10.7. The summed E-state index contributed by atoms with van der Waals surface area (Å²) in [6.07, 6.45) is 0.685. The molecule has 7 nitrogen and oxygen atoms in total. The van der Waals surface area contributed by atoms with Gasteiger partial charge in [-0.2, -0.15) is 13.5 Å². The number of anilines is 1. The molecule has 0 aliphatic rings. The van der Waals surface area contributed by atoms with Gasteiger partial charge in [0.25, 0.3) is 15.9 Å². The summed E-state index contributed by atoms with van der Waals surface area (Å²) >= 11 is 1.61. The molecule has 0 radical (unpaired) electrons. The van der Waals surface area contributed by atoms with E-state index in [1.807, 2.05) is 24.4 Å². The van der Waals surface area contributed by atoms with Crippen LogP contribution in [0.1, 0.15) is 26.5 Å². The number of H-pyrrole nitrogens is 1. The largest absolute Gasteiger partial charge is 0.352 e. The van der Waals surface area contributed by atoms with Gasteiger partial charge in [-0.1, -0.05) is 23.8 Å². The number of hydrogen-bond donors (Lipinski definition) is 3. The van der Waals surface area contributed by atoms with Crippen LogP contribution >= 0.6 is 11.3 Å². The van der Waals surface area contributed by atoms with Crippen molar-refractivity contribution in [3.8, 4) is 0 Å². The fourth-order valence-corrected chi connectivity index (χ4v) is 4.47. The Labute approximate surface area is 161 Å². The van der Waals surface area contributed by atoms with Crippen molar-refractivity contribution in [3.05, 3.63) is 63.5 Å². The van der Waals surface area contributed by atoms with Crippen molar-refractivity contribution in [1.82, 2.24) is 15.5 Å². The minimum Gasteiger partial charge on any atom is -0.352 e. The van der Waals surface area contributed by atoms with E-state index in [1.165, 1.54) is 0 Å². The monoisotopic (exact) mass is 404 g/mol. The molecule has 1 amide bonds. The van der Waals surface area contributed by atoms with E-state index in [0.717, 1.165) is 10.4 Å². The lowest BCUT2D eigenvalue weighted by Gasteiger charge is -2.09. The van der Waals surface area contributed by atoms with Crippen LogP contribution in [0.15, 0.2) is 46.8 Å². The van der Waals surface area contributed by atoms with Gasteiger partial charge in [-0.05, 0) is 43.8 Å². The lowest BCUT2D eigenvalue weighted by molar-refractivity contribution is 0.0950.